The van der Waals surface area contributed by atoms with Gasteiger partial charge in [0.25, 0.3) is 12.4 Å². The molecule has 2 aliphatic heterocycles. The van der Waals surface area contributed by atoms with E-state index in [1.54, 1.807) is 30.5 Å². The van der Waals surface area contributed by atoms with E-state index in [9.17, 15) is 4.79 Å². The first-order valence-corrected chi connectivity index (χ1v) is 16.6. The summed E-state index contributed by atoms with van der Waals surface area (Å²) in [5.41, 5.74) is 1.83. The van der Waals surface area contributed by atoms with E-state index < -0.39 is 24.2 Å². The zero-order chi connectivity index (χ0) is 32.8. The van der Waals surface area contributed by atoms with Crippen molar-refractivity contribution in [2.75, 3.05) is 19.5 Å². The van der Waals surface area contributed by atoms with Crippen LogP contribution in [-0.4, -0.2) is 64.7 Å². The van der Waals surface area contributed by atoms with Gasteiger partial charge in [0.05, 0.1) is 28.3 Å². The highest BCUT2D eigenvalue weighted by molar-refractivity contribution is 7.99. The summed E-state index contributed by atoms with van der Waals surface area (Å²) in [6, 6.07) is 10.5. The van der Waals surface area contributed by atoms with Crippen molar-refractivity contribution in [2.45, 2.75) is 95.7 Å². The molecular weight excluding hydrogens is 595 g/mol. The lowest BCUT2D eigenvalue weighted by Crippen LogP contribution is -2.41. The van der Waals surface area contributed by atoms with Crippen molar-refractivity contribution in [1.82, 2.24) is 14.9 Å². The molecule has 0 saturated carbocycles. The number of hydrogen-bond donors (Lipinski definition) is 1. The van der Waals surface area contributed by atoms with E-state index in [1.807, 2.05) is 72.4 Å². The van der Waals surface area contributed by atoms with Crippen molar-refractivity contribution < 1.29 is 27.6 Å². The third-order valence-corrected chi connectivity index (χ3v) is 10.4. The monoisotopic (exact) mass is 639 g/mol. The number of halogens is 2. The van der Waals surface area contributed by atoms with Gasteiger partial charge < -0.3 is 19.0 Å². The number of imidazole rings is 1. The maximum absolute atomic E-state index is 15.9. The molecule has 3 aromatic rings. The Labute approximate surface area is 270 Å². The Bertz CT molecular complexity index is 1520. The SMILES string of the molecule is CC(C)(C)OC=O.CN1CCCC[C@@H](c2ncc(-c3ccc4c(c3)C(F)(F)c3cc(B5OC(C)(C)C(C)(C)O5)ccc3-4)[nH]2)SC1. The summed E-state index contributed by atoms with van der Waals surface area (Å²) in [7, 11) is 1.46. The number of nitrogens with zero attached hydrogens (tertiary/aromatic N) is 2. The van der Waals surface area contributed by atoms with Gasteiger partial charge in [-0.3, -0.25) is 9.69 Å². The first-order valence-electron chi connectivity index (χ1n) is 15.5. The third-order valence-electron chi connectivity index (χ3n) is 8.92. The van der Waals surface area contributed by atoms with Crippen molar-refractivity contribution >= 4 is 30.8 Å². The van der Waals surface area contributed by atoms with Crippen LogP contribution in [0.5, 0.6) is 0 Å². The third kappa shape index (κ3) is 7.01. The minimum absolute atomic E-state index is 0.00259. The average Bonchev–Trinajstić information content (AvgIpc) is 3.58. The predicted molar refractivity (Wildman–Crippen MR) is 177 cm³/mol. The average molecular weight is 640 g/mol. The van der Waals surface area contributed by atoms with Crippen LogP contribution < -0.4 is 5.46 Å². The van der Waals surface area contributed by atoms with E-state index >= 15 is 8.78 Å². The number of rotatable bonds is 4. The number of thioether (sulfide) groups is 1. The molecule has 7 nitrogen and oxygen atoms in total. The van der Waals surface area contributed by atoms with E-state index in [0.29, 0.717) is 28.6 Å². The molecule has 11 heteroatoms. The highest BCUT2D eigenvalue weighted by atomic mass is 32.2. The van der Waals surface area contributed by atoms with Gasteiger partial charge in [-0.25, -0.2) is 4.98 Å². The summed E-state index contributed by atoms with van der Waals surface area (Å²) < 4.78 is 48.6. The fourth-order valence-electron chi connectivity index (χ4n) is 5.62. The molecule has 0 amide bonds. The van der Waals surface area contributed by atoms with Crippen molar-refractivity contribution in [3.8, 4) is 22.4 Å². The number of H-pyrrole nitrogens is 1. The Kier molecular flexibility index (Phi) is 9.32. The molecule has 3 aliphatic rings. The van der Waals surface area contributed by atoms with E-state index in [4.69, 9.17) is 9.31 Å². The summed E-state index contributed by atoms with van der Waals surface area (Å²) in [5, 5.41) is 0.278. The van der Waals surface area contributed by atoms with Crippen molar-refractivity contribution in [1.29, 1.82) is 0 Å². The van der Waals surface area contributed by atoms with Crippen LogP contribution >= 0.6 is 11.8 Å². The lowest BCUT2D eigenvalue weighted by atomic mass is 9.77. The second kappa shape index (κ2) is 12.5. The van der Waals surface area contributed by atoms with Crippen molar-refractivity contribution in [2.24, 2.45) is 0 Å². The molecule has 2 saturated heterocycles. The van der Waals surface area contributed by atoms with Gasteiger partial charge in [-0.05, 0) is 97.6 Å². The quantitative estimate of drug-likeness (QED) is 0.237. The van der Waals surface area contributed by atoms with Gasteiger partial charge in [-0.2, -0.15) is 8.78 Å². The molecule has 1 N–H and O–H groups in total. The number of carbonyl (C=O) groups is 1. The second-order valence-corrected chi connectivity index (χ2v) is 15.3. The summed E-state index contributed by atoms with van der Waals surface area (Å²) in [6.45, 7) is 14.9. The van der Waals surface area contributed by atoms with Gasteiger partial charge in [0, 0.05) is 22.6 Å². The lowest BCUT2D eigenvalue weighted by molar-refractivity contribution is -0.138. The number of aromatic nitrogens is 2. The number of hydrogen-bond acceptors (Lipinski definition) is 7. The lowest BCUT2D eigenvalue weighted by Gasteiger charge is -2.32. The molecule has 2 fully saturated rings. The van der Waals surface area contributed by atoms with Crippen LogP contribution in [0.15, 0.2) is 42.6 Å². The van der Waals surface area contributed by atoms with Crippen molar-refractivity contribution in [3.05, 3.63) is 59.5 Å². The Balaban J connectivity index is 0.000000515. The van der Waals surface area contributed by atoms with Crippen LogP contribution in [0.3, 0.4) is 0 Å². The van der Waals surface area contributed by atoms with Crippen LogP contribution in [0.2, 0.25) is 0 Å². The first-order chi connectivity index (χ1) is 21.0. The number of nitrogens with one attached hydrogen (secondary N) is 1. The Hall–Kier alpha value is -2.73. The maximum atomic E-state index is 15.9. The molecule has 242 valence electrons. The van der Waals surface area contributed by atoms with E-state index in [2.05, 4.69) is 26.7 Å². The fourth-order valence-corrected chi connectivity index (χ4v) is 6.79. The molecule has 6 rings (SSSR count). The molecule has 2 aromatic carbocycles. The molecule has 0 radical (unpaired) electrons. The number of ether oxygens (including phenoxy) is 1. The van der Waals surface area contributed by atoms with Gasteiger partial charge in [0.15, 0.2) is 0 Å². The molecule has 45 heavy (non-hydrogen) atoms. The molecule has 3 heterocycles. The fraction of sp³-hybridized carbons (Fsp3) is 0.529. The number of carbonyl (C=O) groups excluding carboxylic acids is 1. The smallest absolute Gasteiger partial charge is 0.462 e. The summed E-state index contributed by atoms with van der Waals surface area (Å²) in [6.07, 6.45) is 5.16. The summed E-state index contributed by atoms with van der Waals surface area (Å²) in [4.78, 5) is 20.0. The van der Waals surface area contributed by atoms with E-state index in [-0.39, 0.29) is 22.0 Å². The van der Waals surface area contributed by atoms with Gasteiger partial charge in [-0.1, -0.05) is 36.8 Å². The zero-order valence-electron chi connectivity index (χ0n) is 27.5. The molecule has 0 unspecified atom stereocenters. The maximum Gasteiger partial charge on any atom is 0.494 e. The second-order valence-electron chi connectivity index (χ2n) is 14.1. The van der Waals surface area contributed by atoms with Crippen LogP contribution in [0.4, 0.5) is 8.78 Å². The minimum atomic E-state index is -3.12. The van der Waals surface area contributed by atoms with Gasteiger partial charge >= 0.3 is 7.12 Å². The number of alkyl halides is 2. The molecule has 1 atom stereocenters. The summed E-state index contributed by atoms with van der Waals surface area (Å²) in [5.74, 6) is -1.25. The van der Waals surface area contributed by atoms with Crippen LogP contribution in [0.25, 0.3) is 22.4 Å². The predicted octanol–water partition coefficient (Wildman–Crippen LogP) is 7.30. The highest BCUT2D eigenvalue weighted by Crippen LogP contribution is 2.52. The Morgan fingerprint density at radius 3 is 2.31 bits per heavy atom. The Morgan fingerprint density at radius 1 is 1.04 bits per heavy atom. The van der Waals surface area contributed by atoms with Gasteiger partial charge in [0.2, 0.25) is 0 Å². The first kappa shape index (κ1) is 33.6. The largest absolute Gasteiger partial charge is 0.494 e. The van der Waals surface area contributed by atoms with Gasteiger partial charge in [-0.15, -0.1) is 11.8 Å². The normalized spacial score (nSPS) is 22.0. The molecule has 1 aromatic heterocycles. The number of fused-ring (bicyclic) bond motifs is 3. The van der Waals surface area contributed by atoms with Crippen LogP contribution in [0.1, 0.15) is 89.9 Å². The zero-order valence-corrected chi connectivity index (χ0v) is 28.3. The molecule has 1 aliphatic carbocycles. The molecule has 0 spiro atoms. The topological polar surface area (TPSA) is 76.7 Å². The standard InChI is InChI=1S/C29H34BF2N3O2S.C5H10O2/c1-27(2)28(3,4)37-30(36-27)19-10-12-21-20-11-9-18(14-22(20)29(31,32)23(21)15-19)24-16-33-26(34-24)25-8-6-7-13-35(5)17-38-25;1-5(2,3)7-4-6/h9-12,14-16,25H,6-8,13,17H2,1-5H3,(H,33,34);4H,1-3H3/t25-;/m0./s1. The van der Waals surface area contributed by atoms with Crippen LogP contribution in [-0.2, 0) is 24.8 Å². The molecular formula is C34H44BF2N3O4S. The van der Waals surface area contributed by atoms with Crippen LogP contribution in [0, 0.1) is 0 Å². The minimum Gasteiger partial charge on any atom is -0.462 e. The number of aromatic amines is 1. The Morgan fingerprint density at radius 2 is 1.69 bits per heavy atom. The number of benzene rings is 2. The van der Waals surface area contributed by atoms with Crippen molar-refractivity contribution in [3.63, 3.8) is 0 Å². The van der Waals surface area contributed by atoms with E-state index in [1.165, 1.54) is 6.42 Å². The van der Waals surface area contributed by atoms with E-state index in [0.717, 1.165) is 36.8 Å². The molecule has 0 bridgehead atoms. The van der Waals surface area contributed by atoms with Gasteiger partial charge in [0.1, 0.15) is 11.4 Å². The highest BCUT2D eigenvalue weighted by Gasteiger charge is 2.53. The summed E-state index contributed by atoms with van der Waals surface area (Å²) >= 11 is 1.88.